The van der Waals surface area contributed by atoms with Crippen LogP contribution < -0.4 is 14.4 Å². The van der Waals surface area contributed by atoms with Crippen molar-refractivity contribution >= 4 is 55.7 Å². The van der Waals surface area contributed by atoms with E-state index in [0.717, 1.165) is 11.1 Å². The van der Waals surface area contributed by atoms with Gasteiger partial charge < -0.3 is 14.6 Å². The molecule has 1 atom stereocenters. The maximum absolute atomic E-state index is 13.4. The fourth-order valence-corrected chi connectivity index (χ4v) is 5.60. The van der Waals surface area contributed by atoms with Gasteiger partial charge in [-0.2, -0.15) is 0 Å². The standard InChI is InChI=1S/C29H25ClN2O5S/c1-3-15-37-21-12-7-18(8-13-21)26(33)24-25(17-5-10-20(11-6-17)36-4-2)32(28(35)27(24)34)29-31-22-14-9-19(30)16-23(22)38-29/h5-14,16,25,33H,3-4,15H2,1-2H3/b26-24+. The predicted molar refractivity (Wildman–Crippen MR) is 149 cm³/mol. The van der Waals surface area contributed by atoms with Crippen LogP contribution in [0.1, 0.15) is 37.4 Å². The minimum Gasteiger partial charge on any atom is -0.507 e. The highest BCUT2D eigenvalue weighted by atomic mass is 35.5. The Kier molecular flexibility index (Phi) is 7.35. The van der Waals surface area contributed by atoms with Gasteiger partial charge in [0.2, 0.25) is 0 Å². The quantitative estimate of drug-likeness (QED) is 0.149. The number of aromatic nitrogens is 1. The van der Waals surface area contributed by atoms with E-state index in [1.165, 1.54) is 16.2 Å². The number of halogens is 1. The monoisotopic (exact) mass is 548 g/mol. The number of fused-ring (bicyclic) bond motifs is 1. The minimum absolute atomic E-state index is 0.0151. The highest BCUT2D eigenvalue weighted by Crippen LogP contribution is 2.44. The Morgan fingerprint density at radius 2 is 1.68 bits per heavy atom. The van der Waals surface area contributed by atoms with Gasteiger partial charge in [0.1, 0.15) is 17.3 Å². The number of ketones is 1. The van der Waals surface area contributed by atoms with Crippen molar-refractivity contribution in [2.24, 2.45) is 0 Å². The molecule has 2 heterocycles. The number of ether oxygens (including phenoxy) is 2. The van der Waals surface area contributed by atoms with Crippen molar-refractivity contribution in [2.75, 3.05) is 18.1 Å². The van der Waals surface area contributed by atoms with E-state index in [4.69, 9.17) is 21.1 Å². The highest BCUT2D eigenvalue weighted by Gasteiger charge is 2.48. The molecule has 7 nitrogen and oxygen atoms in total. The molecule has 0 bridgehead atoms. The summed E-state index contributed by atoms with van der Waals surface area (Å²) in [6.07, 6.45) is 0.866. The molecule has 1 N–H and O–H groups in total. The second kappa shape index (κ2) is 10.8. The van der Waals surface area contributed by atoms with Crippen molar-refractivity contribution < 1.29 is 24.2 Å². The molecule has 1 saturated heterocycles. The van der Waals surface area contributed by atoms with Gasteiger partial charge in [0.25, 0.3) is 5.78 Å². The number of amides is 1. The first-order chi connectivity index (χ1) is 18.4. The Morgan fingerprint density at radius 1 is 1.00 bits per heavy atom. The van der Waals surface area contributed by atoms with Crippen molar-refractivity contribution in [3.05, 3.63) is 88.5 Å². The van der Waals surface area contributed by atoms with Crippen molar-refractivity contribution in [3.8, 4) is 11.5 Å². The number of benzene rings is 3. The molecule has 5 rings (SSSR count). The number of nitrogens with zero attached hydrogens (tertiary/aromatic N) is 2. The number of aliphatic hydroxyl groups excluding tert-OH is 1. The van der Waals surface area contributed by atoms with Crippen LogP contribution in [0.5, 0.6) is 11.5 Å². The average Bonchev–Trinajstić information content (AvgIpc) is 3.45. The van der Waals surface area contributed by atoms with Gasteiger partial charge >= 0.3 is 5.91 Å². The van der Waals surface area contributed by atoms with E-state index >= 15 is 0 Å². The van der Waals surface area contributed by atoms with Gasteiger partial charge in [0.05, 0.1) is 35.0 Å². The summed E-state index contributed by atoms with van der Waals surface area (Å²) in [6.45, 7) is 4.98. The maximum Gasteiger partial charge on any atom is 0.301 e. The minimum atomic E-state index is -0.891. The lowest BCUT2D eigenvalue weighted by atomic mass is 9.95. The Balaban J connectivity index is 1.63. The average molecular weight is 549 g/mol. The number of Topliss-reactive ketones (excluding diaryl/α,β-unsaturated/α-hetero) is 1. The van der Waals surface area contributed by atoms with Crippen LogP contribution in [0.4, 0.5) is 5.13 Å². The van der Waals surface area contributed by atoms with E-state index in [-0.39, 0.29) is 11.3 Å². The Hall–Kier alpha value is -3.88. The summed E-state index contributed by atoms with van der Waals surface area (Å²) in [4.78, 5) is 32.8. The number of aliphatic hydroxyl groups is 1. The van der Waals surface area contributed by atoms with Gasteiger partial charge in [-0.1, -0.05) is 42.0 Å². The van der Waals surface area contributed by atoms with Crippen LogP contribution in [0.3, 0.4) is 0 Å². The van der Waals surface area contributed by atoms with E-state index < -0.39 is 17.7 Å². The fourth-order valence-electron chi connectivity index (χ4n) is 4.33. The molecule has 1 aromatic heterocycles. The second-order valence-corrected chi connectivity index (χ2v) is 10.1. The molecule has 9 heteroatoms. The van der Waals surface area contributed by atoms with Gasteiger partial charge in [-0.05, 0) is 73.5 Å². The molecule has 3 aromatic carbocycles. The molecule has 1 aliphatic heterocycles. The first-order valence-corrected chi connectivity index (χ1v) is 13.4. The zero-order valence-electron chi connectivity index (χ0n) is 20.8. The molecule has 1 fully saturated rings. The van der Waals surface area contributed by atoms with Crippen LogP contribution in [-0.2, 0) is 9.59 Å². The molecule has 38 heavy (non-hydrogen) atoms. The number of thiazole rings is 1. The lowest BCUT2D eigenvalue weighted by Gasteiger charge is -2.23. The number of carbonyl (C=O) groups is 2. The molecular weight excluding hydrogens is 524 g/mol. The third-order valence-corrected chi connectivity index (χ3v) is 7.35. The Labute approximate surface area is 228 Å². The lowest BCUT2D eigenvalue weighted by molar-refractivity contribution is -0.132. The van der Waals surface area contributed by atoms with E-state index in [9.17, 15) is 14.7 Å². The topological polar surface area (TPSA) is 89.0 Å². The number of carbonyl (C=O) groups excluding carboxylic acids is 2. The molecule has 0 saturated carbocycles. The number of hydrogen-bond donors (Lipinski definition) is 1. The van der Waals surface area contributed by atoms with Crippen molar-refractivity contribution in [2.45, 2.75) is 26.3 Å². The molecule has 0 spiro atoms. The summed E-state index contributed by atoms with van der Waals surface area (Å²) < 4.78 is 12.0. The molecule has 0 radical (unpaired) electrons. The lowest BCUT2D eigenvalue weighted by Crippen LogP contribution is -2.29. The van der Waals surface area contributed by atoms with Gasteiger partial charge in [0, 0.05) is 10.6 Å². The molecular formula is C29H25ClN2O5S. The molecule has 1 unspecified atom stereocenters. The van der Waals surface area contributed by atoms with Crippen molar-refractivity contribution in [1.82, 2.24) is 4.98 Å². The number of anilines is 1. The summed E-state index contributed by atoms with van der Waals surface area (Å²) in [5, 5.41) is 12.3. The first kappa shape index (κ1) is 25.8. The Bertz CT molecular complexity index is 1530. The summed E-state index contributed by atoms with van der Waals surface area (Å²) in [7, 11) is 0. The third-order valence-electron chi connectivity index (χ3n) is 6.10. The largest absolute Gasteiger partial charge is 0.507 e. The third kappa shape index (κ3) is 4.85. The molecule has 1 amide bonds. The fraction of sp³-hybridized carbons (Fsp3) is 0.207. The smallest absolute Gasteiger partial charge is 0.301 e. The van der Waals surface area contributed by atoms with Crippen LogP contribution in [0.25, 0.3) is 16.0 Å². The van der Waals surface area contributed by atoms with Crippen LogP contribution in [0, 0.1) is 0 Å². The van der Waals surface area contributed by atoms with E-state index in [1.54, 1.807) is 66.7 Å². The molecule has 1 aliphatic rings. The summed E-state index contributed by atoms with van der Waals surface area (Å²) >= 11 is 7.41. The molecule has 4 aromatic rings. The second-order valence-electron chi connectivity index (χ2n) is 8.65. The van der Waals surface area contributed by atoms with Crippen LogP contribution >= 0.6 is 22.9 Å². The molecule has 0 aliphatic carbocycles. The molecule has 194 valence electrons. The summed E-state index contributed by atoms with van der Waals surface area (Å²) in [6, 6.07) is 18.3. The van der Waals surface area contributed by atoms with Crippen molar-refractivity contribution in [1.29, 1.82) is 0 Å². The number of rotatable bonds is 8. The van der Waals surface area contributed by atoms with Gasteiger partial charge in [-0.25, -0.2) is 4.98 Å². The van der Waals surface area contributed by atoms with E-state index in [0.29, 0.717) is 51.5 Å². The van der Waals surface area contributed by atoms with Crippen LogP contribution in [-0.4, -0.2) is 35.0 Å². The Morgan fingerprint density at radius 3 is 2.37 bits per heavy atom. The van der Waals surface area contributed by atoms with Gasteiger partial charge in [0.15, 0.2) is 5.13 Å². The first-order valence-electron chi connectivity index (χ1n) is 12.2. The SMILES string of the molecule is CCCOc1ccc(/C(O)=C2\C(=O)C(=O)N(c3nc4ccc(Cl)cc4s3)C2c2ccc(OCC)cc2)cc1. The van der Waals surface area contributed by atoms with Crippen molar-refractivity contribution in [3.63, 3.8) is 0 Å². The van der Waals surface area contributed by atoms with E-state index in [2.05, 4.69) is 4.98 Å². The van der Waals surface area contributed by atoms with E-state index in [1.807, 2.05) is 13.8 Å². The summed E-state index contributed by atoms with van der Waals surface area (Å²) in [5.41, 5.74) is 1.68. The zero-order chi connectivity index (χ0) is 26.8. The summed E-state index contributed by atoms with van der Waals surface area (Å²) in [5.74, 6) is -0.509. The maximum atomic E-state index is 13.4. The van der Waals surface area contributed by atoms with Gasteiger partial charge in [-0.3, -0.25) is 14.5 Å². The van der Waals surface area contributed by atoms with Crippen LogP contribution in [0.15, 0.2) is 72.3 Å². The zero-order valence-corrected chi connectivity index (χ0v) is 22.4. The predicted octanol–water partition coefficient (Wildman–Crippen LogP) is 6.76. The van der Waals surface area contributed by atoms with Crippen LogP contribution in [0.2, 0.25) is 5.02 Å². The number of hydrogen-bond acceptors (Lipinski definition) is 7. The van der Waals surface area contributed by atoms with Gasteiger partial charge in [-0.15, -0.1) is 0 Å². The normalized spacial score (nSPS) is 16.8. The highest BCUT2D eigenvalue weighted by molar-refractivity contribution is 7.22.